The van der Waals surface area contributed by atoms with Gasteiger partial charge in [0.25, 0.3) is 5.91 Å². The summed E-state index contributed by atoms with van der Waals surface area (Å²) in [6.45, 7) is 0.708. The standard InChI is InChI=1S/C14H10ClFN2OS/c15-8-5-10-11(6-9(8)16)18-3-1-12-7(2-4-20-12)13(18)14(19)17-10/h2,4-6,13H,1,3H2,(H,17,19). The van der Waals surface area contributed by atoms with E-state index in [4.69, 9.17) is 11.6 Å². The second-order valence-corrected chi connectivity index (χ2v) is 6.33. The second-order valence-electron chi connectivity index (χ2n) is 4.92. The molecule has 1 unspecified atom stereocenters. The molecule has 4 rings (SSSR count). The van der Waals surface area contributed by atoms with Crippen molar-refractivity contribution in [3.63, 3.8) is 0 Å². The van der Waals surface area contributed by atoms with Gasteiger partial charge in [0.05, 0.1) is 16.4 Å². The van der Waals surface area contributed by atoms with Crippen molar-refractivity contribution in [3.8, 4) is 0 Å². The Labute approximate surface area is 124 Å². The van der Waals surface area contributed by atoms with Gasteiger partial charge in [-0.2, -0.15) is 0 Å². The van der Waals surface area contributed by atoms with E-state index in [0.29, 0.717) is 17.9 Å². The fraction of sp³-hybridized carbons (Fsp3) is 0.214. The highest BCUT2D eigenvalue weighted by Gasteiger charge is 2.38. The maximum absolute atomic E-state index is 13.7. The lowest BCUT2D eigenvalue weighted by molar-refractivity contribution is -0.117. The molecule has 0 saturated heterocycles. The molecule has 2 aliphatic heterocycles. The third-order valence-electron chi connectivity index (χ3n) is 3.82. The van der Waals surface area contributed by atoms with E-state index in [1.54, 1.807) is 11.3 Å². The monoisotopic (exact) mass is 308 g/mol. The van der Waals surface area contributed by atoms with Crippen LogP contribution in [0.15, 0.2) is 23.6 Å². The van der Waals surface area contributed by atoms with Gasteiger partial charge in [0.1, 0.15) is 11.9 Å². The third kappa shape index (κ3) is 1.60. The van der Waals surface area contributed by atoms with Gasteiger partial charge in [0, 0.05) is 17.5 Å². The molecule has 1 N–H and O–H groups in total. The lowest BCUT2D eigenvalue weighted by atomic mass is 9.95. The first-order valence-electron chi connectivity index (χ1n) is 6.28. The van der Waals surface area contributed by atoms with Gasteiger partial charge < -0.3 is 10.2 Å². The zero-order chi connectivity index (χ0) is 13.9. The van der Waals surface area contributed by atoms with Gasteiger partial charge in [-0.05, 0) is 29.5 Å². The van der Waals surface area contributed by atoms with Crippen LogP contribution >= 0.6 is 22.9 Å². The number of thiophene rings is 1. The fourth-order valence-corrected chi connectivity index (χ4v) is 4.00. The maximum atomic E-state index is 13.7. The van der Waals surface area contributed by atoms with Crippen LogP contribution < -0.4 is 10.2 Å². The van der Waals surface area contributed by atoms with Crippen molar-refractivity contribution in [2.45, 2.75) is 12.5 Å². The first-order chi connectivity index (χ1) is 9.65. The number of nitrogens with zero attached hydrogens (tertiary/aromatic N) is 1. The summed E-state index contributed by atoms with van der Waals surface area (Å²) in [5.74, 6) is -0.545. The Morgan fingerprint density at radius 2 is 2.30 bits per heavy atom. The molecule has 0 fully saturated rings. The highest BCUT2D eigenvalue weighted by atomic mass is 35.5. The van der Waals surface area contributed by atoms with Crippen molar-refractivity contribution >= 4 is 40.2 Å². The van der Waals surface area contributed by atoms with E-state index in [1.807, 2.05) is 16.3 Å². The minimum absolute atomic E-state index is 0.0238. The molecule has 102 valence electrons. The number of nitrogens with one attached hydrogen (secondary N) is 1. The molecule has 1 atom stereocenters. The molecule has 0 aliphatic carbocycles. The van der Waals surface area contributed by atoms with Crippen LogP contribution in [0, 0.1) is 5.82 Å². The summed E-state index contributed by atoms with van der Waals surface area (Å²) < 4.78 is 13.7. The van der Waals surface area contributed by atoms with Crippen LogP contribution in [0.2, 0.25) is 5.02 Å². The first kappa shape index (κ1) is 12.2. The van der Waals surface area contributed by atoms with Crippen LogP contribution in [-0.4, -0.2) is 12.5 Å². The third-order valence-corrected chi connectivity index (χ3v) is 5.11. The summed E-state index contributed by atoms with van der Waals surface area (Å²) in [6, 6.07) is 4.50. The van der Waals surface area contributed by atoms with Crippen LogP contribution in [0.1, 0.15) is 16.5 Å². The fourth-order valence-electron chi connectivity index (χ4n) is 2.93. The van der Waals surface area contributed by atoms with Crippen molar-refractivity contribution < 1.29 is 9.18 Å². The summed E-state index contributed by atoms with van der Waals surface area (Å²) >= 11 is 7.46. The lowest BCUT2D eigenvalue weighted by Gasteiger charge is -2.41. The number of carbonyl (C=O) groups excluding carboxylic acids is 1. The predicted molar refractivity (Wildman–Crippen MR) is 78.1 cm³/mol. The summed E-state index contributed by atoms with van der Waals surface area (Å²) in [7, 11) is 0. The van der Waals surface area contributed by atoms with Crippen LogP contribution in [0.3, 0.4) is 0 Å². The van der Waals surface area contributed by atoms with Crippen LogP contribution in [0.5, 0.6) is 0 Å². The second kappa shape index (κ2) is 4.20. The molecule has 20 heavy (non-hydrogen) atoms. The zero-order valence-electron chi connectivity index (χ0n) is 10.3. The summed E-state index contributed by atoms with van der Waals surface area (Å²) in [6.07, 6.45) is 0.875. The van der Waals surface area contributed by atoms with Gasteiger partial charge >= 0.3 is 0 Å². The van der Waals surface area contributed by atoms with Gasteiger partial charge in [-0.1, -0.05) is 11.6 Å². The van der Waals surface area contributed by atoms with Gasteiger partial charge in [0.15, 0.2) is 0 Å². The van der Waals surface area contributed by atoms with E-state index in [-0.39, 0.29) is 17.0 Å². The van der Waals surface area contributed by atoms with Crippen LogP contribution in [0.25, 0.3) is 0 Å². The Morgan fingerprint density at radius 3 is 3.15 bits per heavy atom. The van der Waals surface area contributed by atoms with Gasteiger partial charge in [-0.25, -0.2) is 4.39 Å². The van der Waals surface area contributed by atoms with E-state index in [9.17, 15) is 9.18 Å². The molecule has 1 aromatic heterocycles. The van der Waals surface area contributed by atoms with Crippen LogP contribution in [0.4, 0.5) is 15.8 Å². The number of anilines is 2. The smallest absolute Gasteiger partial charge is 0.251 e. The molecule has 0 bridgehead atoms. The highest BCUT2D eigenvalue weighted by Crippen LogP contribution is 2.44. The number of rotatable bonds is 0. The Morgan fingerprint density at radius 1 is 1.45 bits per heavy atom. The molecule has 0 radical (unpaired) electrons. The molecule has 2 aliphatic rings. The van der Waals surface area contributed by atoms with Gasteiger partial charge in [-0.15, -0.1) is 11.3 Å². The summed E-state index contributed by atoms with van der Waals surface area (Å²) in [5.41, 5.74) is 2.31. The molecule has 0 spiro atoms. The number of carbonyl (C=O) groups is 1. The molecule has 1 aromatic carbocycles. The molecular weight excluding hydrogens is 299 g/mol. The van der Waals surface area contributed by atoms with Crippen molar-refractivity contribution in [2.75, 3.05) is 16.8 Å². The van der Waals surface area contributed by atoms with Crippen molar-refractivity contribution in [1.29, 1.82) is 0 Å². The average molecular weight is 309 g/mol. The quantitative estimate of drug-likeness (QED) is 0.806. The summed E-state index contributed by atoms with van der Waals surface area (Å²) in [4.78, 5) is 15.6. The zero-order valence-corrected chi connectivity index (χ0v) is 11.9. The van der Waals surface area contributed by atoms with E-state index < -0.39 is 5.82 Å². The molecule has 6 heteroatoms. The number of benzene rings is 1. The van der Waals surface area contributed by atoms with E-state index >= 15 is 0 Å². The Hall–Kier alpha value is -1.59. The molecule has 3 nitrogen and oxygen atoms in total. The normalized spacial score (nSPS) is 20.0. The molecule has 2 aromatic rings. The number of hydrogen-bond donors (Lipinski definition) is 1. The van der Waals surface area contributed by atoms with Crippen molar-refractivity contribution in [3.05, 3.63) is 44.9 Å². The Kier molecular flexibility index (Phi) is 2.56. The van der Waals surface area contributed by atoms with E-state index in [1.165, 1.54) is 17.0 Å². The van der Waals surface area contributed by atoms with Crippen molar-refractivity contribution in [2.24, 2.45) is 0 Å². The van der Waals surface area contributed by atoms with E-state index in [2.05, 4.69) is 5.32 Å². The van der Waals surface area contributed by atoms with Crippen LogP contribution in [-0.2, 0) is 11.2 Å². The molecule has 0 saturated carbocycles. The highest BCUT2D eigenvalue weighted by molar-refractivity contribution is 7.10. The molecular formula is C14H10ClFN2OS. The molecule has 3 heterocycles. The average Bonchev–Trinajstić information content (AvgIpc) is 2.89. The minimum atomic E-state index is -0.462. The number of fused-ring (bicyclic) bond motifs is 5. The van der Waals surface area contributed by atoms with Crippen molar-refractivity contribution in [1.82, 2.24) is 0 Å². The Balaban J connectivity index is 1.89. The maximum Gasteiger partial charge on any atom is 0.251 e. The number of halogens is 2. The van der Waals surface area contributed by atoms with E-state index in [0.717, 1.165) is 12.0 Å². The topological polar surface area (TPSA) is 32.3 Å². The number of amides is 1. The minimum Gasteiger partial charge on any atom is -0.354 e. The SMILES string of the molecule is O=C1Nc2cc(Cl)c(F)cc2N2CCc3sccc3C12. The predicted octanol–water partition coefficient (Wildman–Crippen LogP) is 3.60. The summed E-state index contributed by atoms with van der Waals surface area (Å²) in [5, 5.41) is 4.85. The largest absolute Gasteiger partial charge is 0.354 e. The van der Waals surface area contributed by atoms with Gasteiger partial charge in [0.2, 0.25) is 0 Å². The molecule has 1 amide bonds. The first-order valence-corrected chi connectivity index (χ1v) is 7.54. The lowest BCUT2D eigenvalue weighted by Crippen LogP contribution is -2.45. The Bertz CT molecular complexity index is 730. The number of hydrogen-bond acceptors (Lipinski definition) is 3. The van der Waals surface area contributed by atoms with Gasteiger partial charge in [-0.3, -0.25) is 4.79 Å².